The van der Waals surface area contributed by atoms with E-state index in [0.717, 1.165) is 33.0 Å². The van der Waals surface area contributed by atoms with Crippen molar-refractivity contribution >= 4 is 0 Å². The molecule has 0 fully saturated rings. The third kappa shape index (κ3) is 2.23. The maximum Gasteiger partial charge on any atom is 0.0689 e. The van der Waals surface area contributed by atoms with E-state index in [1.807, 2.05) is 67.6 Å². The van der Waals surface area contributed by atoms with Gasteiger partial charge in [-0.2, -0.15) is 0 Å². The van der Waals surface area contributed by atoms with Gasteiger partial charge in [-0.1, -0.05) is 70.9 Å². The first-order chi connectivity index (χ1) is 9.75. The molecular weight excluding hydrogens is 248 g/mol. The molecule has 0 aliphatic carbocycles. The van der Waals surface area contributed by atoms with E-state index < -0.39 is 0 Å². The summed E-state index contributed by atoms with van der Waals surface area (Å²) in [4.78, 5) is 0.887. The molecule has 1 aromatic heterocycles. The maximum atomic E-state index is 7.77. The van der Waals surface area contributed by atoms with Crippen LogP contribution >= 0.6 is 0 Å². The van der Waals surface area contributed by atoms with Crippen LogP contribution in [0.15, 0.2) is 60.7 Å². The molecule has 0 aliphatic rings. The van der Waals surface area contributed by atoms with Crippen molar-refractivity contribution in [2.75, 3.05) is 0 Å². The van der Waals surface area contributed by atoms with Gasteiger partial charge in [0.05, 0.1) is 11.4 Å². The van der Waals surface area contributed by atoms with Crippen molar-refractivity contribution in [1.82, 2.24) is 10.2 Å². The molecule has 0 spiro atoms. The van der Waals surface area contributed by atoms with Gasteiger partial charge in [-0.05, 0) is 28.5 Å². The SMILES string of the molecule is Cc1c(-c2ccccc2)n[n+]([NH-])nc1-c1ccccc1. The van der Waals surface area contributed by atoms with Crippen molar-refractivity contribution in [3.8, 4) is 22.5 Å². The van der Waals surface area contributed by atoms with Crippen molar-refractivity contribution in [3.05, 3.63) is 72.1 Å². The zero-order valence-corrected chi connectivity index (χ0v) is 11.1. The van der Waals surface area contributed by atoms with Crippen molar-refractivity contribution in [2.45, 2.75) is 6.92 Å². The Morgan fingerprint density at radius 1 is 0.750 bits per heavy atom. The van der Waals surface area contributed by atoms with Crippen LogP contribution in [0.25, 0.3) is 28.4 Å². The molecule has 0 atom stereocenters. The summed E-state index contributed by atoms with van der Waals surface area (Å²) in [6.07, 6.45) is 0. The van der Waals surface area contributed by atoms with Crippen LogP contribution in [-0.4, -0.2) is 10.2 Å². The van der Waals surface area contributed by atoms with Crippen LogP contribution in [0.5, 0.6) is 0 Å². The normalized spacial score (nSPS) is 10.4. The Kier molecular flexibility index (Phi) is 3.13. The molecule has 98 valence electrons. The molecule has 2 aromatic carbocycles. The summed E-state index contributed by atoms with van der Waals surface area (Å²) >= 11 is 0. The zero-order valence-electron chi connectivity index (χ0n) is 11.1. The number of benzene rings is 2. The van der Waals surface area contributed by atoms with Crippen LogP contribution in [0.1, 0.15) is 5.56 Å². The standard InChI is InChI=1S/C16H14N4/c1-12-15(13-8-4-2-5-9-13)18-20(17)19-16(12)14-10-6-3-7-11-14/h2-11,17H,1H3. The molecule has 0 aliphatic heterocycles. The van der Waals surface area contributed by atoms with Crippen LogP contribution in [-0.2, 0) is 0 Å². The van der Waals surface area contributed by atoms with E-state index in [4.69, 9.17) is 5.84 Å². The number of rotatable bonds is 2. The molecule has 20 heavy (non-hydrogen) atoms. The van der Waals surface area contributed by atoms with Gasteiger partial charge in [-0.25, -0.2) is 0 Å². The Bertz CT molecular complexity index is 663. The fourth-order valence-corrected chi connectivity index (χ4v) is 2.21. The predicted octanol–water partition coefficient (Wildman–Crippen LogP) is 3.22. The number of nitrogens with one attached hydrogen (secondary N) is 1. The molecule has 3 rings (SSSR count). The van der Waals surface area contributed by atoms with Crippen molar-refractivity contribution in [3.63, 3.8) is 0 Å². The number of aromatic nitrogens is 3. The van der Waals surface area contributed by atoms with Crippen LogP contribution < -0.4 is 4.91 Å². The summed E-state index contributed by atoms with van der Waals surface area (Å²) in [6.45, 7) is 1.99. The summed E-state index contributed by atoms with van der Waals surface area (Å²) in [5, 5.41) is 8.40. The van der Waals surface area contributed by atoms with Crippen LogP contribution in [0.2, 0.25) is 0 Å². The zero-order chi connectivity index (χ0) is 13.9. The van der Waals surface area contributed by atoms with Crippen LogP contribution in [0.4, 0.5) is 0 Å². The van der Waals surface area contributed by atoms with E-state index in [-0.39, 0.29) is 0 Å². The highest BCUT2D eigenvalue weighted by molar-refractivity contribution is 5.71. The second kappa shape index (κ2) is 5.09. The van der Waals surface area contributed by atoms with Gasteiger partial charge in [0, 0.05) is 0 Å². The average molecular weight is 262 g/mol. The minimum atomic E-state index is 0.787. The topological polar surface area (TPSA) is 53.5 Å². The predicted molar refractivity (Wildman–Crippen MR) is 77.6 cm³/mol. The fourth-order valence-electron chi connectivity index (χ4n) is 2.21. The Balaban J connectivity index is 2.22. The lowest BCUT2D eigenvalue weighted by molar-refractivity contribution is -0.727. The third-order valence-electron chi connectivity index (χ3n) is 3.19. The van der Waals surface area contributed by atoms with Gasteiger partial charge in [0.15, 0.2) is 0 Å². The molecule has 4 nitrogen and oxygen atoms in total. The lowest BCUT2D eigenvalue weighted by Gasteiger charge is -2.11. The smallest absolute Gasteiger partial charge is 0.0689 e. The van der Waals surface area contributed by atoms with E-state index >= 15 is 0 Å². The second-order valence-corrected chi connectivity index (χ2v) is 4.54. The van der Waals surface area contributed by atoms with E-state index in [0.29, 0.717) is 0 Å². The summed E-state index contributed by atoms with van der Waals surface area (Å²) in [5.41, 5.74) is 4.53. The minimum Gasteiger partial charge on any atom is -0.143 e. The van der Waals surface area contributed by atoms with Crippen molar-refractivity contribution < 1.29 is 4.91 Å². The Labute approximate surface area is 117 Å². The largest absolute Gasteiger partial charge is 0.143 e. The van der Waals surface area contributed by atoms with Gasteiger partial charge in [-0.15, -0.1) is 5.84 Å². The summed E-state index contributed by atoms with van der Waals surface area (Å²) in [6, 6.07) is 19.8. The highest BCUT2D eigenvalue weighted by atomic mass is 15.6. The van der Waals surface area contributed by atoms with E-state index in [2.05, 4.69) is 10.2 Å². The van der Waals surface area contributed by atoms with Gasteiger partial charge >= 0.3 is 0 Å². The Morgan fingerprint density at radius 2 is 1.15 bits per heavy atom. The van der Waals surface area contributed by atoms with Crippen LogP contribution in [0.3, 0.4) is 0 Å². The lowest BCUT2D eigenvalue weighted by atomic mass is 10.0. The van der Waals surface area contributed by atoms with Crippen LogP contribution in [0, 0.1) is 6.92 Å². The van der Waals surface area contributed by atoms with E-state index in [9.17, 15) is 0 Å². The van der Waals surface area contributed by atoms with Crippen molar-refractivity contribution in [1.29, 1.82) is 0 Å². The first-order valence-electron chi connectivity index (χ1n) is 6.39. The Hall–Kier alpha value is -2.75. The van der Waals surface area contributed by atoms with Gasteiger partial charge in [0.25, 0.3) is 0 Å². The highest BCUT2D eigenvalue weighted by Gasteiger charge is 2.11. The van der Waals surface area contributed by atoms with Gasteiger partial charge < -0.3 is 0 Å². The van der Waals surface area contributed by atoms with Gasteiger partial charge in [0.2, 0.25) is 0 Å². The molecule has 1 heterocycles. The molecule has 0 radical (unpaired) electrons. The average Bonchev–Trinajstić information content (AvgIpc) is 2.51. The third-order valence-corrected chi connectivity index (χ3v) is 3.19. The number of hydrogen-bond donors (Lipinski definition) is 0. The number of hydrogen-bond acceptors (Lipinski definition) is 2. The van der Waals surface area contributed by atoms with Gasteiger partial charge in [-0.3, -0.25) is 0 Å². The molecule has 0 bridgehead atoms. The summed E-state index contributed by atoms with van der Waals surface area (Å²) in [5.74, 6) is 7.77. The Morgan fingerprint density at radius 3 is 1.55 bits per heavy atom. The first-order valence-corrected chi connectivity index (χ1v) is 6.39. The molecule has 4 heteroatoms. The summed E-state index contributed by atoms with van der Waals surface area (Å²) < 4.78 is 0. The first kappa shape index (κ1) is 12.3. The molecule has 0 unspecified atom stereocenters. The second-order valence-electron chi connectivity index (χ2n) is 4.54. The molecule has 0 saturated heterocycles. The highest BCUT2D eigenvalue weighted by Crippen LogP contribution is 2.26. The van der Waals surface area contributed by atoms with E-state index in [1.54, 1.807) is 0 Å². The summed E-state index contributed by atoms with van der Waals surface area (Å²) in [7, 11) is 0. The number of nitrogens with zero attached hydrogens (tertiary/aromatic N) is 3. The van der Waals surface area contributed by atoms with Gasteiger partial charge in [0.1, 0.15) is 0 Å². The molecule has 1 N–H and O–H groups in total. The molecule has 0 saturated carbocycles. The molecule has 3 aromatic rings. The van der Waals surface area contributed by atoms with Crippen molar-refractivity contribution in [2.24, 2.45) is 0 Å². The minimum absolute atomic E-state index is 0.787. The monoisotopic (exact) mass is 262 g/mol. The molecular formula is C16H14N4. The maximum absolute atomic E-state index is 7.77. The van der Waals surface area contributed by atoms with E-state index in [1.165, 1.54) is 0 Å². The fraction of sp³-hybridized carbons (Fsp3) is 0.0625. The lowest BCUT2D eigenvalue weighted by Crippen LogP contribution is -2.35. The quantitative estimate of drug-likeness (QED) is 0.666. The molecule has 0 amide bonds.